The van der Waals surface area contributed by atoms with Crippen molar-refractivity contribution in [2.24, 2.45) is 0 Å². The molecule has 2 aromatic carbocycles. The summed E-state index contributed by atoms with van der Waals surface area (Å²) in [5.41, 5.74) is -0.450. The molecule has 4 nitrogen and oxygen atoms in total. The third-order valence-corrected chi connectivity index (χ3v) is 5.18. The maximum atomic E-state index is 13.1. The summed E-state index contributed by atoms with van der Waals surface area (Å²) in [6.45, 7) is 5.97. The van der Waals surface area contributed by atoms with Crippen molar-refractivity contribution in [3.05, 3.63) is 53.6 Å². The lowest BCUT2D eigenvalue weighted by molar-refractivity contribution is -0.138. The quantitative estimate of drug-likeness (QED) is 0.819. The van der Waals surface area contributed by atoms with Crippen LogP contribution < -0.4 is 9.46 Å². The summed E-state index contributed by atoms with van der Waals surface area (Å²) in [6.07, 6.45) is -4.67. The minimum atomic E-state index is -4.67. The van der Waals surface area contributed by atoms with Gasteiger partial charge in [-0.25, -0.2) is 8.42 Å². The molecule has 0 aliphatic heterocycles. The highest BCUT2D eigenvalue weighted by Gasteiger charge is 2.35. The van der Waals surface area contributed by atoms with Gasteiger partial charge in [0.05, 0.1) is 17.6 Å². The van der Waals surface area contributed by atoms with Crippen LogP contribution in [0.5, 0.6) is 5.75 Å². The van der Waals surface area contributed by atoms with Crippen LogP contribution in [0.15, 0.2) is 47.4 Å². The molecule has 0 spiro atoms. The van der Waals surface area contributed by atoms with Gasteiger partial charge in [0.2, 0.25) is 0 Å². The largest absolute Gasteiger partial charge is 0.496 e. The van der Waals surface area contributed by atoms with Crippen molar-refractivity contribution in [1.29, 1.82) is 0 Å². The molecule has 0 bridgehead atoms. The van der Waals surface area contributed by atoms with E-state index in [9.17, 15) is 21.6 Å². The lowest BCUT2D eigenvalue weighted by atomic mass is 9.87. The third-order valence-electron chi connectivity index (χ3n) is 3.79. The molecule has 0 aliphatic rings. The number of hydrogen-bond acceptors (Lipinski definition) is 3. The molecular formula is C18H20F3NO3S. The van der Waals surface area contributed by atoms with Crippen molar-refractivity contribution < 1.29 is 26.3 Å². The molecule has 8 heteroatoms. The van der Waals surface area contributed by atoms with E-state index in [0.717, 1.165) is 18.7 Å². The number of alkyl halides is 3. The number of benzene rings is 2. The first-order valence-corrected chi connectivity index (χ1v) is 9.21. The van der Waals surface area contributed by atoms with Crippen molar-refractivity contribution in [2.75, 3.05) is 11.8 Å². The van der Waals surface area contributed by atoms with E-state index in [0.29, 0.717) is 6.07 Å². The summed E-state index contributed by atoms with van der Waals surface area (Å²) in [5, 5.41) is 0. The number of nitrogens with one attached hydrogen (secondary N) is 1. The Hall–Kier alpha value is -2.22. The SMILES string of the molecule is COc1ccc(NS(=O)(=O)c2ccc(C(C)(C)C)cc2)cc1C(F)(F)F. The van der Waals surface area contributed by atoms with Crippen LogP contribution in [0.4, 0.5) is 18.9 Å². The van der Waals surface area contributed by atoms with E-state index < -0.39 is 21.8 Å². The van der Waals surface area contributed by atoms with E-state index in [1.807, 2.05) is 20.8 Å². The van der Waals surface area contributed by atoms with Gasteiger partial charge in [0.25, 0.3) is 10.0 Å². The minimum absolute atomic E-state index is 0.0325. The van der Waals surface area contributed by atoms with Crippen molar-refractivity contribution in [3.8, 4) is 5.75 Å². The van der Waals surface area contributed by atoms with Crippen LogP contribution in [-0.4, -0.2) is 15.5 Å². The fourth-order valence-corrected chi connectivity index (χ4v) is 3.39. The van der Waals surface area contributed by atoms with E-state index in [1.165, 1.54) is 18.2 Å². The van der Waals surface area contributed by atoms with Crippen LogP contribution in [0.2, 0.25) is 0 Å². The van der Waals surface area contributed by atoms with E-state index in [2.05, 4.69) is 9.46 Å². The summed E-state index contributed by atoms with van der Waals surface area (Å²) in [6, 6.07) is 9.22. The van der Waals surface area contributed by atoms with Gasteiger partial charge in [0.15, 0.2) is 0 Å². The van der Waals surface area contributed by atoms with Gasteiger partial charge in [-0.1, -0.05) is 32.9 Å². The molecular weight excluding hydrogens is 367 g/mol. The number of rotatable bonds is 4. The molecule has 26 heavy (non-hydrogen) atoms. The molecule has 0 saturated carbocycles. The standard InChI is InChI=1S/C18H20F3NO3S/c1-17(2,3)12-5-8-14(9-6-12)26(23,24)22-13-7-10-16(25-4)15(11-13)18(19,20)21/h5-11,22H,1-4H3. The second-order valence-electron chi connectivity index (χ2n) is 6.79. The molecule has 0 saturated heterocycles. The van der Waals surface area contributed by atoms with Crippen LogP contribution in [0.3, 0.4) is 0 Å². The molecule has 0 radical (unpaired) electrons. The Bertz CT molecular complexity index is 883. The summed E-state index contributed by atoms with van der Waals surface area (Å²) in [7, 11) is -2.90. The molecule has 142 valence electrons. The lowest BCUT2D eigenvalue weighted by Gasteiger charge is -2.19. The van der Waals surface area contributed by atoms with Crippen LogP contribution in [-0.2, 0) is 21.6 Å². The Balaban J connectivity index is 2.35. The number of hydrogen-bond donors (Lipinski definition) is 1. The fraction of sp³-hybridized carbons (Fsp3) is 0.333. The van der Waals surface area contributed by atoms with E-state index in [-0.39, 0.29) is 21.7 Å². The molecule has 0 atom stereocenters. The smallest absolute Gasteiger partial charge is 0.420 e. The first-order chi connectivity index (χ1) is 11.8. The van der Waals surface area contributed by atoms with Crippen LogP contribution in [0.25, 0.3) is 0 Å². The number of halogens is 3. The van der Waals surface area contributed by atoms with Crippen molar-refractivity contribution >= 4 is 15.7 Å². The van der Waals surface area contributed by atoms with Gasteiger partial charge in [0, 0.05) is 5.69 Å². The highest BCUT2D eigenvalue weighted by Crippen LogP contribution is 2.38. The van der Waals surface area contributed by atoms with Crippen LogP contribution in [0, 0.1) is 0 Å². The van der Waals surface area contributed by atoms with Gasteiger partial charge in [-0.05, 0) is 41.3 Å². The first kappa shape index (κ1) is 20.1. The van der Waals surface area contributed by atoms with Crippen LogP contribution in [0.1, 0.15) is 31.9 Å². The molecule has 0 heterocycles. The zero-order valence-electron chi connectivity index (χ0n) is 14.8. The second kappa shape index (κ2) is 6.83. The summed E-state index contributed by atoms with van der Waals surface area (Å²) in [4.78, 5) is -0.0325. The van der Waals surface area contributed by atoms with Gasteiger partial charge >= 0.3 is 6.18 Å². The lowest BCUT2D eigenvalue weighted by Crippen LogP contribution is -2.15. The third kappa shape index (κ3) is 4.49. The number of methoxy groups -OCH3 is 1. The van der Waals surface area contributed by atoms with Gasteiger partial charge in [0.1, 0.15) is 5.75 Å². The highest BCUT2D eigenvalue weighted by atomic mass is 32.2. The van der Waals surface area contributed by atoms with Crippen LogP contribution >= 0.6 is 0 Å². The van der Waals surface area contributed by atoms with Gasteiger partial charge in [-0.3, -0.25) is 4.72 Å². The average molecular weight is 387 g/mol. The molecule has 1 N–H and O–H groups in total. The zero-order chi connectivity index (χ0) is 19.8. The number of ether oxygens (including phenoxy) is 1. The monoisotopic (exact) mass is 387 g/mol. The first-order valence-electron chi connectivity index (χ1n) is 7.73. The summed E-state index contributed by atoms with van der Waals surface area (Å²) < 4.78 is 71.0. The molecule has 2 aromatic rings. The Kier molecular flexibility index (Phi) is 5.28. The number of anilines is 1. The molecule has 0 amide bonds. The Labute approximate surface area is 151 Å². The maximum absolute atomic E-state index is 13.1. The van der Waals surface area contributed by atoms with Gasteiger partial charge in [-0.15, -0.1) is 0 Å². The molecule has 0 unspecified atom stereocenters. The average Bonchev–Trinajstić information content (AvgIpc) is 2.53. The Morgan fingerprint density at radius 1 is 0.962 bits per heavy atom. The Morgan fingerprint density at radius 3 is 2.00 bits per heavy atom. The maximum Gasteiger partial charge on any atom is 0.420 e. The van der Waals surface area contributed by atoms with E-state index >= 15 is 0 Å². The summed E-state index contributed by atoms with van der Waals surface area (Å²) >= 11 is 0. The second-order valence-corrected chi connectivity index (χ2v) is 8.48. The normalized spacial score (nSPS) is 12.7. The molecule has 0 aliphatic carbocycles. The van der Waals surface area contributed by atoms with Crippen molar-refractivity contribution in [2.45, 2.75) is 37.3 Å². The molecule has 2 rings (SSSR count). The van der Waals surface area contributed by atoms with E-state index in [4.69, 9.17) is 0 Å². The fourth-order valence-electron chi connectivity index (χ4n) is 2.34. The highest BCUT2D eigenvalue weighted by molar-refractivity contribution is 7.92. The van der Waals surface area contributed by atoms with E-state index in [1.54, 1.807) is 12.1 Å². The van der Waals surface area contributed by atoms with Gasteiger partial charge in [-0.2, -0.15) is 13.2 Å². The van der Waals surface area contributed by atoms with Gasteiger partial charge < -0.3 is 4.74 Å². The topological polar surface area (TPSA) is 55.4 Å². The zero-order valence-corrected chi connectivity index (χ0v) is 15.6. The molecule has 0 aromatic heterocycles. The number of sulfonamides is 1. The molecule has 0 fully saturated rings. The van der Waals surface area contributed by atoms with Crippen molar-refractivity contribution in [3.63, 3.8) is 0 Å². The predicted molar refractivity (Wildman–Crippen MR) is 93.9 cm³/mol. The summed E-state index contributed by atoms with van der Waals surface area (Å²) in [5.74, 6) is -0.380. The minimum Gasteiger partial charge on any atom is -0.496 e. The van der Waals surface area contributed by atoms with Crippen molar-refractivity contribution in [1.82, 2.24) is 0 Å². The Morgan fingerprint density at radius 2 is 1.54 bits per heavy atom. The predicted octanol–water partition coefficient (Wildman–Crippen LogP) is 4.81.